The monoisotopic (exact) mass is 388 g/mol. The van der Waals surface area contributed by atoms with Gasteiger partial charge in [-0.05, 0) is 43.7 Å². The number of amides is 2. The second-order valence-electron chi connectivity index (χ2n) is 5.94. The summed E-state index contributed by atoms with van der Waals surface area (Å²) in [6.07, 6.45) is 0. The molecule has 0 saturated carbocycles. The van der Waals surface area contributed by atoms with Gasteiger partial charge in [0.05, 0.1) is 6.54 Å². The quantitative estimate of drug-likeness (QED) is 0.852. The van der Waals surface area contributed by atoms with Crippen molar-refractivity contribution in [3.63, 3.8) is 0 Å². The Morgan fingerprint density at radius 3 is 2.21 bits per heavy atom. The van der Waals surface area contributed by atoms with Gasteiger partial charge >= 0.3 is 0 Å². The Labute approximate surface area is 151 Å². The number of carbonyl (C=O) groups excluding carboxylic acids is 2. The van der Waals surface area contributed by atoms with Crippen LogP contribution in [0.2, 0.25) is 0 Å². The topological polar surface area (TPSA) is 49.4 Å². The van der Waals surface area contributed by atoms with Gasteiger partial charge in [0.2, 0.25) is 5.91 Å². The average Bonchev–Trinajstić information content (AvgIpc) is 2.53. The number of hydrogen-bond acceptors (Lipinski definition) is 2. The van der Waals surface area contributed by atoms with Crippen LogP contribution in [-0.4, -0.2) is 30.3 Å². The van der Waals surface area contributed by atoms with Crippen molar-refractivity contribution < 1.29 is 9.59 Å². The first-order chi connectivity index (χ1) is 11.3. The molecule has 0 bridgehead atoms. The van der Waals surface area contributed by atoms with Gasteiger partial charge in [0.15, 0.2) is 0 Å². The lowest BCUT2D eigenvalue weighted by atomic mass is 10.1. The second-order valence-corrected chi connectivity index (χ2v) is 6.85. The Hall–Kier alpha value is -2.14. The summed E-state index contributed by atoms with van der Waals surface area (Å²) in [5.41, 5.74) is 3.67. The van der Waals surface area contributed by atoms with E-state index in [1.807, 2.05) is 56.3 Å². The first-order valence-electron chi connectivity index (χ1n) is 7.70. The number of halogens is 1. The Morgan fingerprint density at radius 2 is 1.62 bits per heavy atom. The fourth-order valence-corrected chi connectivity index (χ4v) is 2.71. The van der Waals surface area contributed by atoms with Crippen LogP contribution in [0.25, 0.3) is 0 Å². The molecule has 0 fully saturated rings. The number of rotatable bonds is 5. The van der Waals surface area contributed by atoms with Crippen LogP contribution in [0, 0.1) is 13.8 Å². The molecule has 5 heteroatoms. The summed E-state index contributed by atoms with van der Waals surface area (Å²) in [5, 5.41) is 2.69. The maximum atomic E-state index is 12.2. The molecule has 0 aliphatic carbocycles. The number of nitrogens with one attached hydrogen (secondary N) is 1. The summed E-state index contributed by atoms with van der Waals surface area (Å²) >= 11 is 3.39. The molecule has 2 aromatic carbocycles. The van der Waals surface area contributed by atoms with Crippen molar-refractivity contribution in [2.45, 2.75) is 20.4 Å². The van der Waals surface area contributed by atoms with Crippen LogP contribution in [0.5, 0.6) is 0 Å². The number of nitrogens with zero attached hydrogens (tertiary/aromatic N) is 1. The van der Waals surface area contributed by atoms with Gasteiger partial charge < -0.3 is 10.2 Å². The molecule has 24 heavy (non-hydrogen) atoms. The highest BCUT2D eigenvalue weighted by Crippen LogP contribution is 2.12. The number of benzene rings is 2. The molecule has 0 atom stereocenters. The zero-order valence-electron chi connectivity index (χ0n) is 14.1. The number of likely N-dealkylation sites (N-methyl/N-ethyl adjacent to an activating group) is 1. The zero-order valence-corrected chi connectivity index (χ0v) is 15.7. The predicted octanol–water partition coefficient (Wildman–Crippen LogP) is 3.45. The van der Waals surface area contributed by atoms with E-state index < -0.39 is 0 Å². The third kappa shape index (κ3) is 5.20. The van der Waals surface area contributed by atoms with Crippen molar-refractivity contribution in [1.82, 2.24) is 10.2 Å². The minimum absolute atomic E-state index is 0.0150. The van der Waals surface area contributed by atoms with Crippen LogP contribution >= 0.6 is 15.9 Å². The van der Waals surface area contributed by atoms with Crippen molar-refractivity contribution >= 4 is 27.7 Å². The van der Waals surface area contributed by atoms with E-state index in [4.69, 9.17) is 0 Å². The van der Waals surface area contributed by atoms with Crippen LogP contribution in [0.3, 0.4) is 0 Å². The normalized spacial score (nSPS) is 10.3. The van der Waals surface area contributed by atoms with E-state index in [2.05, 4.69) is 21.2 Å². The summed E-state index contributed by atoms with van der Waals surface area (Å²) < 4.78 is 1.00. The van der Waals surface area contributed by atoms with E-state index in [0.717, 1.165) is 21.2 Å². The first kappa shape index (κ1) is 18.2. The lowest BCUT2D eigenvalue weighted by Gasteiger charge is -2.18. The van der Waals surface area contributed by atoms with Gasteiger partial charge in [-0.15, -0.1) is 0 Å². The average molecular weight is 389 g/mol. The van der Waals surface area contributed by atoms with E-state index in [-0.39, 0.29) is 18.4 Å². The highest BCUT2D eigenvalue weighted by molar-refractivity contribution is 9.10. The van der Waals surface area contributed by atoms with Crippen molar-refractivity contribution in [3.8, 4) is 0 Å². The van der Waals surface area contributed by atoms with Gasteiger partial charge in [0.25, 0.3) is 5.91 Å². The van der Waals surface area contributed by atoms with E-state index in [1.165, 1.54) is 0 Å². The molecular formula is C19H21BrN2O2. The molecule has 0 aromatic heterocycles. The van der Waals surface area contributed by atoms with E-state index in [0.29, 0.717) is 12.1 Å². The molecule has 0 aliphatic heterocycles. The summed E-state index contributed by atoms with van der Waals surface area (Å²) in [5.74, 6) is -0.358. The zero-order chi connectivity index (χ0) is 17.7. The Morgan fingerprint density at radius 1 is 1.04 bits per heavy atom. The standard InChI is InChI=1S/C19H21BrN2O2/c1-13-8-14(2)10-16(9-13)19(24)21-11-18(23)22(3)12-15-4-6-17(20)7-5-15/h4-10H,11-12H2,1-3H3,(H,21,24). The van der Waals surface area contributed by atoms with Gasteiger partial charge in [-0.1, -0.05) is 45.3 Å². The Bertz CT molecular complexity index is 721. The molecule has 0 radical (unpaired) electrons. The van der Waals surface area contributed by atoms with Crippen LogP contribution in [-0.2, 0) is 11.3 Å². The molecular weight excluding hydrogens is 368 g/mol. The van der Waals surface area contributed by atoms with Gasteiger partial charge in [0, 0.05) is 23.6 Å². The Kier molecular flexibility index (Phi) is 6.15. The van der Waals surface area contributed by atoms with Crippen molar-refractivity contribution in [1.29, 1.82) is 0 Å². The molecule has 0 saturated heterocycles. The fraction of sp³-hybridized carbons (Fsp3) is 0.263. The maximum Gasteiger partial charge on any atom is 0.251 e. The summed E-state index contributed by atoms with van der Waals surface area (Å²) in [6.45, 7) is 4.38. The van der Waals surface area contributed by atoms with Crippen LogP contribution in [0.4, 0.5) is 0 Å². The van der Waals surface area contributed by atoms with Crippen molar-refractivity contribution in [2.24, 2.45) is 0 Å². The molecule has 2 aromatic rings. The van der Waals surface area contributed by atoms with E-state index in [1.54, 1.807) is 11.9 Å². The summed E-state index contributed by atoms with van der Waals surface area (Å²) in [7, 11) is 1.73. The predicted molar refractivity (Wildman–Crippen MR) is 98.9 cm³/mol. The third-order valence-corrected chi connectivity index (χ3v) is 4.17. The fourth-order valence-electron chi connectivity index (χ4n) is 2.45. The van der Waals surface area contributed by atoms with Gasteiger partial charge in [-0.3, -0.25) is 9.59 Å². The molecule has 0 spiro atoms. The molecule has 126 valence electrons. The van der Waals surface area contributed by atoms with E-state index >= 15 is 0 Å². The molecule has 2 rings (SSSR count). The number of hydrogen-bond donors (Lipinski definition) is 1. The molecule has 2 amide bonds. The van der Waals surface area contributed by atoms with Gasteiger partial charge in [-0.2, -0.15) is 0 Å². The number of aryl methyl sites for hydroxylation is 2. The minimum atomic E-state index is -0.229. The lowest BCUT2D eigenvalue weighted by Crippen LogP contribution is -2.37. The third-order valence-electron chi connectivity index (χ3n) is 3.64. The molecule has 0 heterocycles. The highest BCUT2D eigenvalue weighted by atomic mass is 79.9. The van der Waals surface area contributed by atoms with Gasteiger partial charge in [0.1, 0.15) is 0 Å². The lowest BCUT2D eigenvalue weighted by molar-refractivity contribution is -0.129. The summed E-state index contributed by atoms with van der Waals surface area (Å²) in [6, 6.07) is 13.4. The minimum Gasteiger partial charge on any atom is -0.343 e. The summed E-state index contributed by atoms with van der Waals surface area (Å²) in [4.78, 5) is 26.0. The molecule has 0 aliphatic rings. The molecule has 0 unspecified atom stereocenters. The SMILES string of the molecule is Cc1cc(C)cc(C(=O)NCC(=O)N(C)Cc2ccc(Br)cc2)c1. The van der Waals surface area contributed by atoms with Crippen LogP contribution in [0.15, 0.2) is 46.9 Å². The maximum absolute atomic E-state index is 12.2. The molecule has 4 nitrogen and oxygen atoms in total. The van der Waals surface area contributed by atoms with Gasteiger partial charge in [-0.25, -0.2) is 0 Å². The van der Waals surface area contributed by atoms with Crippen molar-refractivity contribution in [3.05, 3.63) is 69.2 Å². The first-order valence-corrected chi connectivity index (χ1v) is 8.49. The number of carbonyl (C=O) groups is 2. The largest absolute Gasteiger partial charge is 0.343 e. The Balaban J connectivity index is 1.89. The highest BCUT2D eigenvalue weighted by Gasteiger charge is 2.12. The second kappa shape index (κ2) is 8.11. The van der Waals surface area contributed by atoms with Crippen LogP contribution in [0.1, 0.15) is 27.0 Å². The van der Waals surface area contributed by atoms with E-state index in [9.17, 15) is 9.59 Å². The molecule has 1 N–H and O–H groups in total. The van der Waals surface area contributed by atoms with Crippen molar-refractivity contribution in [2.75, 3.05) is 13.6 Å². The smallest absolute Gasteiger partial charge is 0.251 e. The van der Waals surface area contributed by atoms with Crippen LogP contribution < -0.4 is 5.32 Å².